The van der Waals surface area contributed by atoms with Gasteiger partial charge in [0.2, 0.25) is 5.91 Å². The molecule has 2 aromatic carbocycles. The molecule has 0 unspecified atom stereocenters. The second-order valence-corrected chi connectivity index (χ2v) is 7.01. The molecule has 0 atom stereocenters. The minimum absolute atomic E-state index is 0.0726. The lowest BCUT2D eigenvalue weighted by atomic mass is 10.1. The predicted octanol–water partition coefficient (Wildman–Crippen LogP) is 4.55. The first-order chi connectivity index (χ1) is 14.5. The summed E-state index contributed by atoms with van der Waals surface area (Å²) in [6, 6.07) is 15.4. The van der Waals surface area contributed by atoms with Crippen LogP contribution in [0, 0.1) is 13.8 Å². The molecule has 3 rings (SSSR count). The van der Waals surface area contributed by atoms with Gasteiger partial charge in [-0.2, -0.15) is 0 Å². The molecule has 6 nitrogen and oxygen atoms in total. The zero-order chi connectivity index (χ0) is 21.5. The fourth-order valence-corrected chi connectivity index (χ4v) is 2.99. The van der Waals surface area contributed by atoms with Crippen molar-refractivity contribution in [2.45, 2.75) is 27.0 Å². The Balaban J connectivity index is 1.64. The average Bonchev–Trinajstić information content (AvgIpc) is 3.08. The molecular formula is C24H26N2O4. The summed E-state index contributed by atoms with van der Waals surface area (Å²) in [4.78, 5) is 14.1. The van der Waals surface area contributed by atoms with Crippen molar-refractivity contribution in [3.05, 3.63) is 82.8 Å². The molecule has 0 saturated carbocycles. The second-order valence-electron chi connectivity index (χ2n) is 7.01. The fraction of sp³-hybridized carbons (Fsp3) is 0.250. The molecule has 30 heavy (non-hydrogen) atoms. The third kappa shape index (κ3) is 5.29. The van der Waals surface area contributed by atoms with E-state index in [2.05, 4.69) is 5.16 Å². The van der Waals surface area contributed by atoms with E-state index >= 15 is 0 Å². The monoisotopic (exact) mass is 406 g/mol. The van der Waals surface area contributed by atoms with E-state index in [0.29, 0.717) is 24.7 Å². The number of methoxy groups -OCH3 is 1. The second kappa shape index (κ2) is 9.78. The molecule has 3 aromatic rings. The molecule has 1 heterocycles. The summed E-state index contributed by atoms with van der Waals surface area (Å²) in [7, 11) is 3.37. The highest BCUT2D eigenvalue weighted by Gasteiger charge is 2.12. The van der Waals surface area contributed by atoms with Crippen LogP contribution >= 0.6 is 0 Å². The van der Waals surface area contributed by atoms with Crippen LogP contribution in [-0.2, 0) is 17.9 Å². The summed E-state index contributed by atoms with van der Waals surface area (Å²) >= 11 is 0. The summed E-state index contributed by atoms with van der Waals surface area (Å²) in [5, 5.41) is 3.94. The molecule has 0 N–H and O–H groups in total. The Kier molecular flexibility index (Phi) is 6.91. The van der Waals surface area contributed by atoms with Crippen LogP contribution < -0.4 is 9.47 Å². The number of aromatic nitrogens is 1. The first kappa shape index (κ1) is 21.2. The van der Waals surface area contributed by atoms with Crippen molar-refractivity contribution in [3.63, 3.8) is 0 Å². The Morgan fingerprint density at radius 1 is 1.13 bits per heavy atom. The van der Waals surface area contributed by atoms with Crippen LogP contribution in [0.3, 0.4) is 0 Å². The van der Waals surface area contributed by atoms with E-state index in [1.165, 1.54) is 0 Å². The summed E-state index contributed by atoms with van der Waals surface area (Å²) in [5.74, 6) is 1.87. The number of hydrogen-bond acceptors (Lipinski definition) is 5. The van der Waals surface area contributed by atoms with Crippen molar-refractivity contribution in [1.82, 2.24) is 10.1 Å². The van der Waals surface area contributed by atoms with Gasteiger partial charge < -0.3 is 18.9 Å². The van der Waals surface area contributed by atoms with Gasteiger partial charge >= 0.3 is 0 Å². The van der Waals surface area contributed by atoms with Gasteiger partial charge in [-0.25, -0.2) is 0 Å². The van der Waals surface area contributed by atoms with Crippen LogP contribution in [0.1, 0.15) is 28.1 Å². The zero-order valence-electron chi connectivity index (χ0n) is 17.7. The van der Waals surface area contributed by atoms with Crippen LogP contribution in [0.4, 0.5) is 0 Å². The van der Waals surface area contributed by atoms with Crippen LogP contribution in [0.2, 0.25) is 0 Å². The Morgan fingerprint density at radius 3 is 2.57 bits per heavy atom. The molecule has 0 spiro atoms. The number of likely N-dealkylation sites (N-methyl/N-ethyl adjacent to an activating group) is 1. The minimum Gasteiger partial charge on any atom is -0.493 e. The molecule has 6 heteroatoms. The third-order valence-corrected chi connectivity index (χ3v) is 4.80. The van der Waals surface area contributed by atoms with Crippen molar-refractivity contribution in [2.24, 2.45) is 0 Å². The number of hydrogen-bond donors (Lipinski definition) is 0. The van der Waals surface area contributed by atoms with E-state index in [9.17, 15) is 4.79 Å². The molecular weight excluding hydrogens is 380 g/mol. The Bertz CT molecular complexity index is 1010. The third-order valence-electron chi connectivity index (χ3n) is 4.80. The van der Waals surface area contributed by atoms with Crippen molar-refractivity contribution < 1.29 is 18.8 Å². The largest absolute Gasteiger partial charge is 0.493 e. The molecule has 0 saturated heterocycles. The topological polar surface area (TPSA) is 64.8 Å². The highest BCUT2D eigenvalue weighted by Crippen LogP contribution is 2.30. The minimum atomic E-state index is -0.0726. The van der Waals surface area contributed by atoms with Gasteiger partial charge in [-0.1, -0.05) is 41.6 Å². The predicted molar refractivity (Wildman–Crippen MR) is 115 cm³/mol. The number of carbonyl (C=O) groups is 1. The van der Waals surface area contributed by atoms with Gasteiger partial charge in [-0.15, -0.1) is 0 Å². The molecule has 0 radical (unpaired) electrons. The van der Waals surface area contributed by atoms with Crippen LogP contribution in [0.5, 0.6) is 11.5 Å². The number of amides is 1. The number of nitrogens with zero attached hydrogens (tertiary/aromatic N) is 2. The molecule has 0 aliphatic rings. The van der Waals surface area contributed by atoms with Gasteiger partial charge in [-0.3, -0.25) is 4.79 Å². The van der Waals surface area contributed by atoms with Gasteiger partial charge in [0, 0.05) is 19.7 Å². The van der Waals surface area contributed by atoms with Gasteiger partial charge in [0.25, 0.3) is 0 Å². The van der Waals surface area contributed by atoms with Crippen LogP contribution in [0.25, 0.3) is 6.08 Å². The van der Waals surface area contributed by atoms with Gasteiger partial charge in [0.1, 0.15) is 12.4 Å². The lowest BCUT2D eigenvalue weighted by Gasteiger charge is -2.15. The van der Waals surface area contributed by atoms with Crippen molar-refractivity contribution in [1.29, 1.82) is 0 Å². The standard InChI is InChI=1S/C24H26N2O4/c1-17-21(18(2)30-25-17)16-29-22-12-10-19(14-23(22)28-4)11-13-24(27)26(3)15-20-8-6-5-7-9-20/h5-14H,15-16H2,1-4H3. The Labute approximate surface area is 176 Å². The normalized spacial score (nSPS) is 10.9. The van der Waals surface area contributed by atoms with Gasteiger partial charge in [0.15, 0.2) is 11.5 Å². The summed E-state index contributed by atoms with van der Waals surface area (Å²) in [6.45, 7) is 4.64. The average molecular weight is 406 g/mol. The number of aryl methyl sites for hydroxylation is 2. The number of carbonyl (C=O) groups excluding carboxylic acids is 1. The van der Waals surface area contributed by atoms with E-state index in [1.807, 2.05) is 62.4 Å². The zero-order valence-corrected chi connectivity index (χ0v) is 17.7. The maximum Gasteiger partial charge on any atom is 0.246 e. The molecule has 156 valence electrons. The van der Waals surface area contributed by atoms with E-state index < -0.39 is 0 Å². The summed E-state index contributed by atoms with van der Waals surface area (Å²) < 4.78 is 16.5. The van der Waals surface area contributed by atoms with E-state index in [1.54, 1.807) is 31.2 Å². The molecule has 0 aliphatic heterocycles. The van der Waals surface area contributed by atoms with Crippen molar-refractivity contribution in [2.75, 3.05) is 14.2 Å². The van der Waals surface area contributed by atoms with Crippen molar-refractivity contribution in [3.8, 4) is 11.5 Å². The first-order valence-corrected chi connectivity index (χ1v) is 9.67. The number of rotatable bonds is 8. The molecule has 1 aromatic heterocycles. The maximum atomic E-state index is 12.4. The lowest BCUT2D eigenvalue weighted by Crippen LogP contribution is -2.24. The summed E-state index contributed by atoms with van der Waals surface area (Å²) in [5.41, 5.74) is 3.67. The van der Waals surface area contributed by atoms with E-state index in [0.717, 1.165) is 28.1 Å². The first-order valence-electron chi connectivity index (χ1n) is 9.67. The van der Waals surface area contributed by atoms with E-state index in [-0.39, 0.29) is 5.91 Å². The Hall–Kier alpha value is -3.54. The fourth-order valence-electron chi connectivity index (χ4n) is 2.99. The quantitative estimate of drug-likeness (QED) is 0.514. The van der Waals surface area contributed by atoms with Gasteiger partial charge in [0.05, 0.1) is 18.4 Å². The smallest absolute Gasteiger partial charge is 0.246 e. The molecule has 1 amide bonds. The molecule has 0 fully saturated rings. The lowest BCUT2D eigenvalue weighted by molar-refractivity contribution is -0.125. The van der Waals surface area contributed by atoms with E-state index in [4.69, 9.17) is 14.0 Å². The maximum absolute atomic E-state index is 12.4. The summed E-state index contributed by atoms with van der Waals surface area (Å²) in [6.07, 6.45) is 3.33. The SMILES string of the molecule is COc1cc(C=CC(=O)N(C)Cc2ccccc2)ccc1OCc1c(C)noc1C. The number of benzene rings is 2. The highest BCUT2D eigenvalue weighted by atomic mass is 16.5. The molecule has 0 bridgehead atoms. The van der Waals surface area contributed by atoms with Crippen LogP contribution in [-0.4, -0.2) is 30.1 Å². The molecule has 0 aliphatic carbocycles. The Morgan fingerprint density at radius 2 is 1.90 bits per heavy atom. The highest BCUT2D eigenvalue weighted by molar-refractivity contribution is 5.91. The van der Waals surface area contributed by atoms with Gasteiger partial charge in [-0.05, 0) is 43.2 Å². The van der Waals surface area contributed by atoms with Crippen LogP contribution in [0.15, 0.2) is 59.1 Å². The number of ether oxygens (including phenoxy) is 2. The van der Waals surface area contributed by atoms with Crippen molar-refractivity contribution >= 4 is 12.0 Å².